The predicted octanol–water partition coefficient (Wildman–Crippen LogP) is 2.85. The molecule has 1 amide bonds. The zero-order valence-electron chi connectivity index (χ0n) is 11.8. The molecule has 0 radical (unpaired) electrons. The Kier molecular flexibility index (Phi) is 3.79. The standard InChI is InChI=1S/C15H11N5O3/c21-9-17-11-3-1-2-4-13(11)18-15-8-16-12-6-5-10(20(22)23)7-14(12)19-15/h1-9H,(H,17,21)(H,18,19). The van der Waals surface area contributed by atoms with Gasteiger partial charge < -0.3 is 10.6 Å². The van der Waals surface area contributed by atoms with E-state index in [0.717, 1.165) is 0 Å². The Morgan fingerprint density at radius 3 is 2.61 bits per heavy atom. The molecule has 0 aliphatic rings. The molecule has 1 aromatic heterocycles. The van der Waals surface area contributed by atoms with Crippen molar-refractivity contribution in [2.45, 2.75) is 0 Å². The summed E-state index contributed by atoms with van der Waals surface area (Å²) in [6.45, 7) is 0. The number of non-ortho nitro benzene ring substituents is 1. The SMILES string of the molecule is O=CNc1ccccc1Nc1cnc2ccc([N+](=O)[O-])cc2n1. The molecule has 2 N–H and O–H groups in total. The van der Waals surface area contributed by atoms with Crippen molar-refractivity contribution >= 4 is 40.3 Å². The summed E-state index contributed by atoms with van der Waals surface area (Å²) in [7, 11) is 0. The maximum Gasteiger partial charge on any atom is 0.271 e. The van der Waals surface area contributed by atoms with E-state index in [9.17, 15) is 14.9 Å². The van der Waals surface area contributed by atoms with E-state index in [-0.39, 0.29) is 5.69 Å². The minimum absolute atomic E-state index is 0.0491. The lowest BCUT2D eigenvalue weighted by atomic mass is 10.2. The van der Waals surface area contributed by atoms with E-state index in [1.807, 2.05) is 0 Å². The van der Waals surface area contributed by atoms with Gasteiger partial charge in [-0.2, -0.15) is 0 Å². The highest BCUT2D eigenvalue weighted by Crippen LogP contribution is 2.25. The quantitative estimate of drug-likeness (QED) is 0.426. The lowest BCUT2D eigenvalue weighted by Crippen LogP contribution is -2.01. The number of carbonyl (C=O) groups is 1. The van der Waals surface area contributed by atoms with Gasteiger partial charge in [-0.15, -0.1) is 0 Å². The number of aromatic nitrogens is 2. The Morgan fingerprint density at radius 2 is 1.87 bits per heavy atom. The van der Waals surface area contributed by atoms with Crippen molar-refractivity contribution in [3.05, 3.63) is 58.8 Å². The summed E-state index contributed by atoms with van der Waals surface area (Å²) in [5.41, 5.74) is 2.14. The van der Waals surface area contributed by atoms with Gasteiger partial charge in [-0.25, -0.2) is 4.98 Å². The van der Waals surface area contributed by atoms with Gasteiger partial charge in [0.2, 0.25) is 6.41 Å². The Hall–Kier alpha value is -3.55. The molecular formula is C15H11N5O3. The van der Waals surface area contributed by atoms with Gasteiger partial charge in [0.05, 0.1) is 33.5 Å². The number of fused-ring (bicyclic) bond motifs is 1. The molecule has 0 unspecified atom stereocenters. The first-order chi connectivity index (χ1) is 11.2. The van der Waals surface area contributed by atoms with Gasteiger partial charge >= 0.3 is 0 Å². The van der Waals surface area contributed by atoms with E-state index in [1.54, 1.807) is 30.3 Å². The number of hydrogen-bond donors (Lipinski definition) is 2. The number of benzene rings is 2. The molecule has 0 spiro atoms. The van der Waals surface area contributed by atoms with Crippen molar-refractivity contribution in [2.75, 3.05) is 10.6 Å². The third kappa shape index (κ3) is 3.05. The summed E-state index contributed by atoms with van der Waals surface area (Å²) in [5.74, 6) is 0.415. The van der Waals surface area contributed by atoms with Gasteiger partial charge in [0, 0.05) is 12.1 Å². The molecule has 2 aromatic carbocycles. The van der Waals surface area contributed by atoms with Crippen LogP contribution in [-0.4, -0.2) is 21.3 Å². The minimum Gasteiger partial charge on any atom is -0.337 e. The number of rotatable bonds is 5. The van der Waals surface area contributed by atoms with Crippen LogP contribution < -0.4 is 10.6 Å². The van der Waals surface area contributed by atoms with Crippen LogP contribution in [0.1, 0.15) is 0 Å². The van der Waals surface area contributed by atoms with Crippen LogP contribution in [0.3, 0.4) is 0 Å². The topological polar surface area (TPSA) is 110 Å². The molecule has 3 aromatic rings. The average molecular weight is 309 g/mol. The molecule has 1 heterocycles. The van der Waals surface area contributed by atoms with Crippen LogP contribution in [0.2, 0.25) is 0 Å². The van der Waals surface area contributed by atoms with Crippen LogP contribution in [0.25, 0.3) is 11.0 Å². The fourth-order valence-corrected chi connectivity index (χ4v) is 2.09. The third-order valence-corrected chi connectivity index (χ3v) is 3.14. The Bertz CT molecular complexity index is 897. The first kappa shape index (κ1) is 14.4. The van der Waals surface area contributed by atoms with Crippen molar-refractivity contribution in [3.63, 3.8) is 0 Å². The average Bonchev–Trinajstić information content (AvgIpc) is 2.56. The van der Waals surface area contributed by atoms with Crippen LogP contribution in [0.15, 0.2) is 48.7 Å². The van der Waals surface area contributed by atoms with Gasteiger partial charge in [0.15, 0.2) is 0 Å². The Labute approximate surface area is 130 Å². The number of anilines is 3. The summed E-state index contributed by atoms with van der Waals surface area (Å²) < 4.78 is 0. The number of amides is 1. The van der Waals surface area contributed by atoms with E-state index >= 15 is 0 Å². The van der Waals surface area contributed by atoms with Crippen LogP contribution in [0.4, 0.5) is 22.9 Å². The minimum atomic E-state index is -0.482. The number of nitro groups is 1. The van der Waals surface area contributed by atoms with Gasteiger partial charge in [0.1, 0.15) is 5.82 Å². The fraction of sp³-hybridized carbons (Fsp3) is 0. The molecule has 3 rings (SSSR count). The molecule has 0 fully saturated rings. The number of nitro benzene ring substituents is 1. The Balaban J connectivity index is 1.97. The van der Waals surface area contributed by atoms with Gasteiger partial charge in [0.25, 0.3) is 5.69 Å². The summed E-state index contributed by atoms with van der Waals surface area (Å²) in [4.78, 5) is 29.5. The second-order valence-electron chi connectivity index (χ2n) is 4.62. The maximum absolute atomic E-state index is 10.8. The first-order valence-corrected chi connectivity index (χ1v) is 6.65. The predicted molar refractivity (Wildman–Crippen MR) is 85.6 cm³/mol. The monoisotopic (exact) mass is 309 g/mol. The van der Waals surface area contributed by atoms with Crippen LogP contribution in [-0.2, 0) is 4.79 Å². The number of carbonyl (C=O) groups excluding carboxylic acids is 1. The highest BCUT2D eigenvalue weighted by Gasteiger charge is 2.09. The van der Waals surface area contributed by atoms with E-state index < -0.39 is 4.92 Å². The fourth-order valence-electron chi connectivity index (χ4n) is 2.09. The molecule has 0 bridgehead atoms. The zero-order valence-corrected chi connectivity index (χ0v) is 11.8. The van der Waals surface area contributed by atoms with Gasteiger partial charge in [-0.3, -0.25) is 19.9 Å². The number of nitrogens with zero attached hydrogens (tertiary/aromatic N) is 3. The summed E-state index contributed by atoms with van der Waals surface area (Å²) in [5, 5.41) is 16.4. The zero-order chi connectivity index (χ0) is 16.2. The molecule has 114 valence electrons. The summed E-state index contributed by atoms with van der Waals surface area (Å²) >= 11 is 0. The van der Waals surface area contributed by atoms with Crippen molar-refractivity contribution < 1.29 is 9.72 Å². The smallest absolute Gasteiger partial charge is 0.271 e. The summed E-state index contributed by atoms with van der Waals surface area (Å²) in [6.07, 6.45) is 2.10. The van der Waals surface area contributed by atoms with E-state index in [2.05, 4.69) is 20.6 Å². The van der Waals surface area contributed by atoms with Gasteiger partial charge in [-0.05, 0) is 18.2 Å². The number of nitrogens with one attached hydrogen (secondary N) is 2. The molecule has 0 atom stereocenters. The molecular weight excluding hydrogens is 298 g/mol. The lowest BCUT2D eigenvalue weighted by molar-refractivity contribution is -0.384. The number of para-hydroxylation sites is 2. The molecule has 0 aliphatic carbocycles. The highest BCUT2D eigenvalue weighted by molar-refractivity contribution is 5.84. The van der Waals surface area contributed by atoms with E-state index in [1.165, 1.54) is 18.3 Å². The van der Waals surface area contributed by atoms with Crippen molar-refractivity contribution in [1.29, 1.82) is 0 Å². The maximum atomic E-state index is 10.8. The molecule has 0 aliphatic heterocycles. The van der Waals surface area contributed by atoms with Crippen molar-refractivity contribution in [2.24, 2.45) is 0 Å². The van der Waals surface area contributed by atoms with Crippen LogP contribution in [0.5, 0.6) is 0 Å². The second-order valence-corrected chi connectivity index (χ2v) is 4.62. The molecule has 8 nitrogen and oxygen atoms in total. The highest BCUT2D eigenvalue weighted by atomic mass is 16.6. The Morgan fingerprint density at radius 1 is 1.09 bits per heavy atom. The largest absolute Gasteiger partial charge is 0.337 e. The molecule has 0 saturated carbocycles. The van der Waals surface area contributed by atoms with Gasteiger partial charge in [-0.1, -0.05) is 12.1 Å². The van der Waals surface area contributed by atoms with Crippen LogP contribution in [0, 0.1) is 10.1 Å². The van der Waals surface area contributed by atoms with E-state index in [4.69, 9.17) is 0 Å². The first-order valence-electron chi connectivity index (χ1n) is 6.65. The van der Waals surface area contributed by atoms with Crippen LogP contribution >= 0.6 is 0 Å². The van der Waals surface area contributed by atoms with E-state index in [0.29, 0.717) is 34.6 Å². The molecule has 8 heteroatoms. The molecule has 0 saturated heterocycles. The third-order valence-electron chi connectivity index (χ3n) is 3.14. The second kappa shape index (κ2) is 6.06. The normalized spacial score (nSPS) is 10.3. The van der Waals surface area contributed by atoms with Crippen molar-refractivity contribution in [3.8, 4) is 0 Å². The molecule has 23 heavy (non-hydrogen) atoms. The number of hydrogen-bond acceptors (Lipinski definition) is 6. The lowest BCUT2D eigenvalue weighted by Gasteiger charge is -2.10. The summed E-state index contributed by atoms with van der Waals surface area (Å²) in [6, 6.07) is 11.4. The van der Waals surface area contributed by atoms with Crippen molar-refractivity contribution in [1.82, 2.24) is 9.97 Å².